The van der Waals surface area contributed by atoms with Gasteiger partial charge in [-0.1, -0.05) is 30.3 Å². The maximum absolute atomic E-state index is 12.1. The second-order valence-corrected chi connectivity index (χ2v) is 6.41. The number of benzene rings is 2. The SMILES string of the molecule is Cc1ccccc1SCC(=O)OCC(=O)c1ccc(C)c([N+](=O)[O-])c1. The van der Waals surface area contributed by atoms with Crippen LogP contribution in [0, 0.1) is 24.0 Å². The van der Waals surface area contributed by atoms with Crippen molar-refractivity contribution in [1.82, 2.24) is 0 Å². The van der Waals surface area contributed by atoms with Crippen molar-refractivity contribution in [3.8, 4) is 0 Å². The second kappa shape index (κ2) is 8.43. The summed E-state index contributed by atoms with van der Waals surface area (Å²) in [5, 5.41) is 10.9. The van der Waals surface area contributed by atoms with Crippen LogP contribution in [0.4, 0.5) is 5.69 Å². The summed E-state index contributed by atoms with van der Waals surface area (Å²) in [6.07, 6.45) is 0. The molecule has 2 aromatic carbocycles. The highest BCUT2D eigenvalue weighted by atomic mass is 32.2. The van der Waals surface area contributed by atoms with E-state index in [1.807, 2.05) is 31.2 Å². The van der Waals surface area contributed by atoms with Crippen LogP contribution in [0.15, 0.2) is 47.4 Å². The van der Waals surface area contributed by atoms with E-state index >= 15 is 0 Å². The van der Waals surface area contributed by atoms with E-state index in [2.05, 4.69) is 0 Å². The van der Waals surface area contributed by atoms with Crippen molar-refractivity contribution in [1.29, 1.82) is 0 Å². The van der Waals surface area contributed by atoms with Crippen LogP contribution in [0.2, 0.25) is 0 Å². The molecule has 2 aromatic rings. The van der Waals surface area contributed by atoms with Gasteiger partial charge in [-0.25, -0.2) is 0 Å². The van der Waals surface area contributed by atoms with Crippen LogP contribution < -0.4 is 0 Å². The molecule has 2 rings (SSSR count). The summed E-state index contributed by atoms with van der Waals surface area (Å²) in [5.41, 5.74) is 1.54. The largest absolute Gasteiger partial charge is 0.457 e. The molecule has 0 aliphatic carbocycles. The Balaban J connectivity index is 1.89. The Kier molecular flexibility index (Phi) is 6.30. The second-order valence-electron chi connectivity index (χ2n) is 5.40. The molecule has 0 aliphatic heterocycles. The van der Waals surface area contributed by atoms with Gasteiger partial charge < -0.3 is 4.74 Å². The summed E-state index contributed by atoms with van der Waals surface area (Å²) >= 11 is 1.34. The van der Waals surface area contributed by atoms with Crippen LogP contribution in [-0.2, 0) is 9.53 Å². The molecule has 0 saturated heterocycles. The first-order chi connectivity index (χ1) is 11.9. The number of carbonyl (C=O) groups excluding carboxylic acids is 2. The van der Waals surface area contributed by atoms with E-state index in [1.54, 1.807) is 6.92 Å². The Morgan fingerprint density at radius 1 is 1.12 bits per heavy atom. The van der Waals surface area contributed by atoms with Gasteiger partial charge in [0.15, 0.2) is 6.61 Å². The number of nitro groups is 1. The summed E-state index contributed by atoms with van der Waals surface area (Å²) in [7, 11) is 0. The number of ketones is 1. The van der Waals surface area contributed by atoms with Gasteiger partial charge in [0, 0.05) is 22.1 Å². The summed E-state index contributed by atoms with van der Waals surface area (Å²) in [6, 6.07) is 11.8. The van der Waals surface area contributed by atoms with Gasteiger partial charge in [0.2, 0.25) is 5.78 Å². The molecule has 0 heterocycles. The average molecular weight is 359 g/mol. The number of hydrogen-bond acceptors (Lipinski definition) is 6. The molecule has 25 heavy (non-hydrogen) atoms. The first kappa shape index (κ1) is 18.7. The van der Waals surface area contributed by atoms with Crippen LogP contribution in [0.1, 0.15) is 21.5 Å². The van der Waals surface area contributed by atoms with E-state index < -0.39 is 23.3 Å². The van der Waals surface area contributed by atoms with Crippen LogP contribution >= 0.6 is 11.8 Å². The molecule has 0 saturated carbocycles. The minimum atomic E-state index is -0.545. The van der Waals surface area contributed by atoms with Crippen molar-refractivity contribution in [3.63, 3.8) is 0 Å². The monoisotopic (exact) mass is 359 g/mol. The molecule has 0 aliphatic rings. The molecule has 0 amide bonds. The first-order valence-corrected chi connectivity index (χ1v) is 8.49. The molecule has 0 radical (unpaired) electrons. The van der Waals surface area contributed by atoms with E-state index in [9.17, 15) is 19.7 Å². The van der Waals surface area contributed by atoms with Crippen molar-refractivity contribution < 1.29 is 19.2 Å². The highest BCUT2D eigenvalue weighted by Gasteiger charge is 2.16. The summed E-state index contributed by atoms with van der Waals surface area (Å²) in [5.74, 6) is -0.896. The number of hydrogen-bond donors (Lipinski definition) is 0. The third kappa shape index (κ3) is 5.15. The molecule has 7 heteroatoms. The van der Waals surface area contributed by atoms with Crippen molar-refractivity contribution in [2.75, 3.05) is 12.4 Å². The lowest BCUT2D eigenvalue weighted by Gasteiger charge is -2.06. The minimum absolute atomic E-state index is 0.0895. The number of esters is 1. The number of nitro benzene ring substituents is 1. The number of carbonyl (C=O) groups is 2. The first-order valence-electron chi connectivity index (χ1n) is 7.51. The standard InChI is InChI=1S/C18H17NO5S/c1-12-7-8-14(9-15(12)19(22)23)16(20)10-24-18(21)11-25-17-6-4-3-5-13(17)2/h3-9H,10-11H2,1-2H3. The fraction of sp³-hybridized carbons (Fsp3) is 0.222. The zero-order chi connectivity index (χ0) is 18.4. The lowest BCUT2D eigenvalue weighted by atomic mass is 10.1. The zero-order valence-corrected chi connectivity index (χ0v) is 14.7. The van der Waals surface area contributed by atoms with E-state index in [-0.39, 0.29) is 17.0 Å². The number of nitrogens with zero attached hydrogens (tertiary/aromatic N) is 1. The van der Waals surface area contributed by atoms with Gasteiger partial charge in [-0.2, -0.15) is 0 Å². The van der Waals surface area contributed by atoms with Gasteiger partial charge in [0.05, 0.1) is 10.7 Å². The van der Waals surface area contributed by atoms with E-state index in [0.29, 0.717) is 5.56 Å². The topological polar surface area (TPSA) is 86.5 Å². The summed E-state index contributed by atoms with van der Waals surface area (Å²) in [6.45, 7) is 3.10. The van der Waals surface area contributed by atoms with Crippen LogP contribution in [0.5, 0.6) is 0 Å². The molecule has 0 N–H and O–H groups in total. The molecular formula is C18H17NO5S. The fourth-order valence-electron chi connectivity index (χ4n) is 2.11. The summed E-state index contributed by atoms with van der Waals surface area (Å²) in [4.78, 5) is 35.2. The summed E-state index contributed by atoms with van der Waals surface area (Å²) < 4.78 is 4.97. The van der Waals surface area contributed by atoms with Crippen LogP contribution in [0.3, 0.4) is 0 Å². The molecule has 0 aromatic heterocycles. The molecular weight excluding hydrogens is 342 g/mol. The number of aryl methyl sites for hydroxylation is 2. The predicted molar refractivity (Wildman–Crippen MR) is 95.0 cm³/mol. The molecule has 0 fully saturated rings. The van der Waals surface area contributed by atoms with Gasteiger partial charge in [-0.15, -0.1) is 11.8 Å². The Morgan fingerprint density at radius 2 is 1.84 bits per heavy atom. The fourth-order valence-corrected chi connectivity index (χ4v) is 2.93. The number of Topliss-reactive ketones (excluding diaryl/α,β-unsaturated/α-hetero) is 1. The highest BCUT2D eigenvalue weighted by Crippen LogP contribution is 2.22. The molecule has 0 bridgehead atoms. The van der Waals surface area contributed by atoms with Gasteiger partial charge in [0.25, 0.3) is 5.69 Å². The van der Waals surface area contributed by atoms with Gasteiger partial charge in [-0.05, 0) is 25.5 Å². The third-order valence-corrected chi connectivity index (χ3v) is 4.68. The Morgan fingerprint density at radius 3 is 2.52 bits per heavy atom. The van der Waals surface area contributed by atoms with E-state index in [0.717, 1.165) is 10.5 Å². The molecule has 0 spiro atoms. The zero-order valence-electron chi connectivity index (χ0n) is 13.9. The number of rotatable bonds is 7. The van der Waals surface area contributed by atoms with Gasteiger partial charge >= 0.3 is 5.97 Å². The van der Waals surface area contributed by atoms with Crippen molar-refractivity contribution in [3.05, 3.63) is 69.3 Å². The van der Waals surface area contributed by atoms with Crippen molar-refractivity contribution >= 4 is 29.2 Å². The third-order valence-electron chi connectivity index (χ3n) is 3.53. The molecule has 6 nitrogen and oxygen atoms in total. The van der Waals surface area contributed by atoms with Crippen molar-refractivity contribution in [2.24, 2.45) is 0 Å². The average Bonchev–Trinajstić information content (AvgIpc) is 2.59. The predicted octanol–water partition coefficient (Wildman–Crippen LogP) is 3.73. The van der Waals surface area contributed by atoms with Gasteiger partial charge in [0.1, 0.15) is 0 Å². The Hall–Kier alpha value is -2.67. The van der Waals surface area contributed by atoms with Crippen LogP contribution in [0.25, 0.3) is 0 Å². The maximum atomic E-state index is 12.1. The lowest BCUT2D eigenvalue weighted by molar-refractivity contribution is -0.385. The number of ether oxygens (including phenoxy) is 1. The molecule has 0 unspecified atom stereocenters. The van der Waals surface area contributed by atoms with Gasteiger partial charge in [-0.3, -0.25) is 19.7 Å². The van der Waals surface area contributed by atoms with Crippen molar-refractivity contribution in [2.45, 2.75) is 18.7 Å². The highest BCUT2D eigenvalue weighted by molar-refractivity contribution is 8.00. The normalized spacial score (nSPS) is 10.3. The lowest BCUT2D eigenvalue weighted by Crippen LogP contribution is -2.15. The van der Waals surface area contributed by atoms with Crippen LogP contribution in [-0.4, -0.2) is 29.0 Å². The maximum Gasteiger partial charge on any atom is 0.316 e. The number of thioether (sulfide) groups is 1. The molecule has 130 valence electrons. The minimum Gasteiger partial charge on any atom is -0.457 e. The molecule has 0 atom stereocenters. The van der Waals surface area contributed by atoms with E-state index in [1.165, 1.54) is 30.0 Å². The van der Waals surface area contributed by atoms with E-state index in [4.69, 9.17) is 4.74 Å². The Bertz CT molecular complexity index is 819. The quantitative estimate of drug-likeness (QED) is 0.246. The Labute approximate surface area is 149 Å². The smallest absolute Gasteiger partial charge is 0.316 e.